The number of hydrogen-bond donors (Lipinski definition) is 3. The average molecular weight is 273 g/mol. The summed E-state index contributed by atoms with van der Waals surface area (Å²) in [5.41, 5.74) is 6.41. The van der Waals surface area contributed by atoms with Gasteiger partial charge in [0.15, 0.2) is 0 Å². The van der Waals surface area contributed by atoms with Crippen LogP contribution >= 0.6 is 11.6 Å². The van der Waals surface area contributed by atoms with E-state index < -0.39 is 6.10 Å². The van der Waals surface area contributed by atoms with Crippen LogP contribution < -0.4 is 11.1 Å². The number of carbonyl (C=O) groups is 1. The van der Waals surface area contributed by atoms with Crippen molar-refractivity contribution in [1.29, 1.82) is 0 Å². The minimum absolute atomic E-state index is 0.247. The molecule has 0 heterocycles. The third kappa shape index (κ3) is 4.52. The topological polar surface area (TPSA) is 84.6 Å². The van der Waals surface area contributed by atoms with Gasteiger partial charge in [-0.3, -0.25) is 4.79 Å². The Hall–Kier alpha value is -1.30. The first-order valence-electron chi connectivity index (χ1n) is 5.54. The summed E-state index contributed by atoms with van der Waals surface area (Å²) >= 11 is 5.76. The molecule has 1 rings (SSSR count). The van der Waals surface area contributed by atoms with Crippen LogP contribution in [0, 0.1) is 0 Å². The summed E-state index contributed by atoms with van der Waals surface area (Å²) in [6.45, 7) is 0.621. The number of rotatable bonds is 6. The lowest BCUT2D eigenvalue weighted by atomic mass is 10.2. The summed E-state index contributed by atoms with van der Waals surface area (Å²) in [5, 5.41) is 12.5. The number of hydrogen-bond acceptors (Lipinski definition) is 4. The van der Waals surface area contributed by atoms with Gasteiger partial charge in [0.1, 0.15) is 0 Å². The Labute approximate surface area is 111 Å². The summed E-state index contributed by atoms with van der Waals surface area (Å²) in [7, 11) is 1.51. The molecule has 0 bridgehead atoms. The van der Waals surface area contributed by atoms with Crippen molar-refractivity contribution in [2.75, 3.05) is 26.0 Å². The van der Waals surface area contributed by atoms with Crippen molar-refractivity contribution in [2.45, 2.75) is 12.5 Å². The van der Waals surface area contributed by atoms with Crippen molar-refractivity contribution in [3.05, 3.63) is 28.8 Å². The third-order valence-corrected chi connectivity index (χ3v) is 2.72. The maximum atomic E-state index is 11.7. The van der Waals surface area contributed by atoms with Gasteiger partial charge < -0.3 is 20.9 Å². The second-order valence-electron chi connectivity index (χ2n) is 3.89. The molecule has 0 aliphatic heterocycles. The van der Waals surface area contributed by atoms with Gasteiger partial charge in [0.2, 0.25) is 0 Å². The Morgan fingerprint density at radius 2 is 2.33 bits per heavy atom. The molecule has 0 spiro atoms. The van der Waals surface area contributed by atoms with Gasteiger partial charge in [-0.05, 0) is 24.6 Å². The summed E-state index contributed by atoms with van der Waals surface area (Å²) in [6, 6.07) is 4.69. The van der Waals surface area contributed by atoms with E-state index >= 15 is 0 Å². The predicted molar refractivity (Wildman–Crippen MR) is 70.7 cm³/mol. The maximum absolute atomic E-state index is 11.7. The van der Waals surface area contributed by atoms with Crippen molar-refractivity contribution in [3.8, 4) is 0 Å². The molecule has 100 valence electrons. The van der Waals surface area contributed by atoms with Crippen molar-refractivity contribution >= 4 is 23.2 Å². The van der Waals surface area contributed by atoms with E-state index in [1.165, 1.54) is 13.2 Å². The maximum Gasteiger partial charge on any atom is 0.251 e. The molecule has 0 radical (unpaired) electrons. The molecule has 0 aliphatic carbocycles. The lowest BCUT2D eigenvalue weighted by Crippen LogP contribution is -2.28. The third-order valence-electron chi connectivity index (χ3n) is 2.38. The van der Waals surface area contributed by atoms with Crippen LogP contribution in [0.5, 0.6) is 0 Å². The molecular formula is C12H17ClN2O3. The van der Waals surface area contributed by atoms with Crippen molar-refractivity contribution < 1.29 is 14.6 Å². The van der Waals surface area contributed by atoms with E-state index in [9.17, 15) is 9.90 Å². The molecule has 1 amide bonds. The Bertz CT molecular complexity index is 412. The number of methoxy groups -OCH3 is 1. The van der Waals surface area contributed by atoms with Crippen molar-refractivity contribution in [2.24, 2.45) is 0 Å². The van der Waals surface area contributed by atoms with Gasteiger partial charge >= 0.3 is 0 Å². The molecule has 18 heavy (non-hydrogen) atoms. The highest BCUT2D eigenvalue weighted by molar-refractivity contribution is 6.33. The SMILES string of the molecule is COCC(O)CCNC(=O)c1ccc(Cl)c(N)c1. The fraction of sp³-hybridized carbons (Fsp3) is 0.417. The lowest BCUT2D eigenvalue weighted by molar-refractivity contribution is 0.0587. The van der Waals surface area contributed by atoms with Gasteiger partial charge in [-0.2, -0.15) is 0 Å². The molecule has 0 aliphatic rings. The number of nitrogen functional groups attached to an aromatic ring is 1. The van der Waals surface area contributed by atoms with Crippen LogP contribution in [-0.4, -0.2) is 37.4 Å². The zero-order valence-electron chi connectivity index (χ0n) is 10.1. The molecule has 1 aromatic rings. The number of carbonyl (C=O) groups excluding carboxylic acids is 1. The normalized spacial score (nSPS) is 12.2. The van der Waals surface area contributed by atoms with Crippen molar-refractivity contribution in [1.82, 2.24) is 5.32 Å². The molecule has 4 N–H and O–H groups in total. The van der Waals surface area contributed by atoms with E-state index in [1.807, 2.05) is 0 Å². The number of halogens is 1. The zero-order valence-corrected chi connectivity index (χ0v) is 10.9. The number of anilines is 1. The minimum Gasteiger partial charge on any atom is -0.398 e. The largest absolute Gasteiger partial charge is 0.398 e. The van der Waals surface area contributed by atoms with Gasteiger partial charge in [-0.1, -0.05) is 11.6 Å². The van der Waals surface area contributed by atoms with Crippen LogP contribution in [0.4, 0.5) is 5.69 Å². The molecule has 0 aromatic heterocycles. The van der Waals surface area contributed by atoms with Gasteiger partial charge in [-0.15, -0.1) is 0 Å². The monoisotopic (exact) mass is 272 g/mol. The first kappa shape index (κ1) is 14.8. The zero-order chi connectivity index (χ0) is 13.5. The number of nitrogens with two attached hydrogens (primary N) is 1. The second kappa shape index (κ2) is 7.20. The number of aliphatic hydroxyl groups excluding tert-OH is 1. The Balaban J connectivity index is 2.43. The van der Waals surface area contributed by atoms with Crippen LogP contribution in [0.2, 0.25) is 5.02 Å². The van der Waals surface area contributed by atoms with Crippen LogP contribution in [0.25, 0.3) is 0 Å². The van der Waals surface area contributed by atoms with Crippen LogP contribution in [0.1, 0.15) is 16.8 Å². The number of nitrogens with one attached hydrogen (secondary N) is 1. The first-order chi connectivity index (χ1) is 8.54. The van der Waals surface area contributed by atoms with Gasteiger partial charge in [0.05, 0.1) is 23.4 Å². The molecule has 1 atom stereocenters. The standard InChI is InChI=1S/C12H17ClN2O3/c1-18-7-9(16)4-5-15-12(17)8-2-3-10(13)11(14)6-8/h2-3,6,9,16H,4-5,7,14H2,1H3,(H,15,17). The molecule has 5 nitrogen and oxygen atoms in total. The molecule has 1 unspecified atom stereocenters. The number of amides is 1. The summed E-state index contributed by atoms with van der Waals surface area (Å²) in [4.78, 5) is 11.7. The van der Waals surface area contributed by atoms with Crippen molar-refractivity contribution in [3.63, 3.8) is 0 Å². The average Bonchev–Trinajstić information content (AvgIpc) is 2.33. The second-order valence-corrected chi connectivity index (χ2v) is 4.30. The van der Waals surface area contributed by atoms with Gasteiger partial charge in [0.25, 0.3) is 5.91 Å². The van der Waals surface area contributed by atoms with E-state index in [2.05, 4.69) is 5.32 Å². The molecule has 0 saturated carbocycles. The fourth-order valence-corrected chi connectivity index (χ4v) is 1.53. The quantitative estimate of drug-likeness (QED) is 0.676. The molecule has 0 saturated heterocycles. The van der Waals surface area contributed by atoms with Gasteiger partial charge in [-0.25, -0.2) is 0 Å². The Morgan fingerprint density at radius 3 is 2.94 bits per heavy atom. The minimum atomic E-state index is -0.578. The highest BCUT2D eigenvalue weighted by Crippen LogP contribution is 2.19. The molecule has 6 heteroatoms. The van der Waals surface area contributed by atoms with E-state index in [0.717, 1.165) is 0 Å². The number of ether oxygens (including phenoxy) is 1. The highest BCUT2D eigenvalue weighted by atomic mass is 35.5. The number of benzene rings is 1. The van der Waals surface area contributed by atoms with E-state index in [4.69, 9.17) is 22.1 Å². The van der Waals surface area contributed by atoms with Crippen LogP contribution in [0.3, 0.4) is 0 Å². The Kier molecular flexibility index (Phi) is 5.91. The van der Waals surface area contributed by atoms with E-state index in [0.29, 0.717) is 29.2 Å². The molecule has 1 aromatic carbocycles. The summed E-state index contributed by atoms with van der Waals surface area (Å²) in [6.07, 6.45) is -0.145. The van der Waals surface area contributed by atoms with E-state index in [-0.39, 0.29) is 12.5 Å². The fourth-order valence-electron chi connectivity index (χ4n) is 1.42. The van der Waals surface area contributed by atoms with Crippen LogP contribution in [-0.2, 0) is 4.74 Å². The first-order valence-corrected chi connectivity index (χ1v) is 5.92. The predicted octanol–water partition coefficient (Wildman–Crippen LogP) is 1.05. The van der Waals surface area contributed by atoms with Crippen LogP contribution in [0.15, 0.2) is 18.2 Å². The van der Waals surface area contributed by atoms with E-state index in [1.54, 1.807) is 12.1 Å². The van der Waals surface area contributed by atoms with Gasteiger partial charge in [0, 0.05) is 19.2 Å². The molecule has 0 fully saturated rings. The Morgan fingerprint density at radius 1 is 1.61 bits per heavy atom. The summed E-state index contributed by atoms with van der Waals surface area (Å²) in [5.74, 6) is -0.247. The highest BCUT2D eigenvalue weighted by Gasteiger charge is 2.08. The lowest BCUT2D eigenvalue weighted by Gasteiger charge is -2.10. The smallest absolute Gasteiger partial charge is 0.251 e. The molecular weight excluding hydrogens is 256 g/mol. The summed E-state index contributed by atoms with van der Waals surface area (Å²) < 4.78 is 4.78. The number of aliphatic hydroxyl groups is 1.